The van der Waals surface area contributed by atoms with Crippen LogP contribution < -0.4 is 4.74 Å². The number of hydrogen-bond donors (Lipinski definition) is 1. The van der Waals surface area contributed by atoms with Gasteiger partial charge >= 0.3 is 12.3 Å². The van der Waals surface area contributed by atoms with Crippen LogP contribution in [0.4, 0.5) is 13.2 Å². The Morgan fingerprint density at radius 2 is 1.85 bits per heavy atom. The highest BCUT2D eigenvalue weighted by atomic mass is 19.4. The number of rotatable bonds is 4. The fraction of sp³-hybridized carbons (Fsp3) is 0.222. The normalized spacial score (nSPS) is 16.5. The smallest absolute Gasteiger partial charge is 0.478 e. The van der Waals surface area contributed by atoms with E-state index in [1.54, 1.807) is 6.92 Å². The molecule has 136 valence electrons. The lowest BCUT2D eigenvalue weighted by atomic mass is 10.0. The number of fused-ring (bicyclic) bond motifs is 1. The maximum atomic E-state index is 12.6. The zero-order valence-electron chi connectivity index (χ0n) is 13.6. The van der Waals surface area contributed by atoms with Crippen LogP contribution >= 0.6 is 0 Å². The van der Waals surface area contributed by atoms with E-state index >= 15 is 0 Å². The number of halogens is 3. The molecule has 2 aromatic rings. The van der Waals surface area contributed by atoms with E-state index in [-0.39, 0.29) is 29.8 Å². The van der Waals surface area contributed by atoms with Gasteiger partial charge in [0.05, 0.1) is 11.6 Å². The van der Waals surface area contributed by atoms with E-state index in [2.05, 4.69) is 4.74 Å². The first-order valence-corrected chi connectivity index (χ1v) is 7.68. The first kappa shape index (κ1) is 17.8. The standard InChI is InChI=1S/C18H14F3NO4/c1-10-15-8-12(17(24)25)4-7-14(15)16(23)22(10)9-11-2-5-13(6-3-11)26-18(19,20)21/h2-8,10H,9H2,1H3,(H,24,25). The monoisotopic (exact) mass is 365 g/mol. The highest BCUT2D eigenvalue weighted by Crippen LogP contribution is 2.35. The van der Waals surface area contributed by atoms with Gasteiger partial charge in [0.15, 0.2) is 0 Å². The van der Waals surface area contributed by atoms with Crippen LogP contribution in [0, 0.1) is 0 Å². The van der Waals surface area contributed by atoms with Crippen molar-refractivity contribution in [2.45, 2.75) is 25.9 Å². The van der Waals surface area contributed by atoms with E-state index in [1.807, 2.05) is 0 Å². The second-order valence-corrected chi connectivity index (χ2v) is 5.91. The van der Waals surface area contributed by atoms with Crippen molar-refractivity contribution in [3.8, 4) is 5.75 Å². The summed E-state index contributed by atoms with van der Waals surface area (Å²) in [7, 11) is 0. The van der Waals surface area contributed by atoms with Crippen LogP contribution in [-0.4, -0.2) is 28.2 Å². The topological polar surface area (TPSA) is 66.8 Å². The number of alkyl halides is 3. The third-order valence-corrected chi connectivity index (χ3v) is 4.22. The van der Waals surface area contributed by atoms with Crippen molar-refractivity contribution in [3.05, 3.63) is 64.7 Å². The van der Waals surface area contributed by atoms with Gasteiger partial charge in [0, 0.05) is 12.1 Å². The molecule has 1 atom stereocenters. The number of carbonyl (C=O) groups is 2. The van der Waals surface area contributed by atoms with Crippen LogP contribution in [-0.2, 0) is 6.54 Å². The van der Waals surface area contributed by atoms with E-state index < -0.39 is 12.3 Å². The van der Waals surface area contributed by atoms with E-state index in [1.165, 1.54) is 47.4 Å². The number of amides is 1. The molecule has 0 radical (unpaired) electrons. The van der Waals surface area contributed by atoms with E-state index in [0.29, 0.717) is 16.7 Å². The second-order valence-electron chi connectivity index (χ2n) is 5.91. The van der Waals surface area contributed by atoms with Gasteiger partial charge < -0.3 is 14.7 Å². The van der Waals surface area contributed by atoms with Gasteiger partial charge in [0.1, 0.15) is 5.75 Å². The number of ether oxygens (including phenoxy) is 1. The molecule has 0 aromatic heterocycles. The van der Waals surface area contributed by atoms with Crippen molar-refractivity contribution >= 4 is 11.9 Å². The number of carbonyl (C=O) groups excluding carboxylic acids is 1. The van der Waals surface area contributed by atoms with E-state index in [4.69, 9.17) is 5.11 Å². The minimum atomic E-state index is -4.76. The minimum Gasteiger partial charge on any atom is -0.478 e. The molecule has 0 aliphatic carbocycles. The predicted octanol–water partition coefficient (Wildman–Crippen LogP) is 4.00. The van der Waals surface area contributed by atoms with Gasteiger partial charge in [0.25, 0.3) is 5.91 Å². The Labute approximate surface area is 146 Å². The van der Waals surface area contributed by atoms with E-state index in [0.717, 1.165) is 0 Å². The fourth-order valence-electron chi connectivity index (χ4n) is 2.94. The first-order valence-electron chi connectivity index (χ1n) is 7.68. The van der Waals surface area contributed by atoms with Gasteiger partial charge in [0.2, 0.25) is 0 Å². The molecule has 5 nitrogen and oxygen atoms in total. The average molecular weight is 365 g/mol. The summed E-state index contributed by atoms with van der Waals surface area (Å²) in [6, 6.07) is 9.26. The van der Waals surface area contributed by atoms with E-state index in [9.17, 15) is 22.8 Å². The van der Waals surface area contributed by atoms with Crippen LogP contribution in [0.3, 0.4) is 0 Å². The quantitative estimate of drug-likeness (QED) is 0.889. The number of carboxylic acids is 1. The predicted molar refractivity (Wildman–Crippen MR) is 84.8 cm³/mol. The molecular weight excluding hydrogens is 351 g/mol. The maximum Gasteiger partial charge on any atom is 0.573 e. The van der Waals surface area contributed by atoms with Crippen molar-refractivity contribution in [1.82, 2.24) is 4.90 Å². The number of aromatic carboxylic acids is 1. The Bertz CT molecular complexity index is 862. The lowest BCUT2D eigenvalue weighted by molar-refractivity contribution is -0.274. The SMILES string of the molecule is CC1c2cc(C(=O)O)ccc2C(=O)N1Cc1ccc(OC(F)(F)F)cc1. The van der Waals surface area contributed by atoms with Crippen molar-refractivity contribution in [1.29, 1.82) is 0 Å². The summed E-state index contributed by atoms with van der Waals surface area (Å²) in [5.74, 6) is -1.66. The molecule has 26 heavy (non-hydrogen) atoms. The van der Waals surface area contributed by atoms with Crippen molar-refractivity contribution < 1.29 is 32.6 Å². The van der Waals surface area contributed by atoms with Gasteiger partial charge in [-0.2, -0.15) is 0 Å². The van der Waals surface area contributed by atoms with Gasteiger partial charge in [-0.15, -0.1) is 13.2 Å². The van der Waals surface area contributed by atoms with Crippen LogP contribution in [0.2, 0.25) is 0 Å². The third-order valence-electron chi connectivity index (χ3n) is 4.22. The largest absolute Gasteiger partial charge is 0.573 e. The summed E-state index contributed by atoms with van der Waals surface area (Å²) >= 11 is 0. The molecule has 2 aromatic carbocycles. The summed E-state index contributed by atoms with van der Waals surface area (Å²) in [4.78, 5) is 25.2. The Morgan fingerprint density at radius 1 is 1.19 bits per heavy atom. The molecule has 1 N–H and O–H groups in total. The number of benzene rings is 2. The minimum absolute atomic E-state index is 0.0962. The Kier molecular flexibility index (Phi) is 4.35. The van der Waals surface area contributed by atoms with Crippen LogP contribution in [0.25, 0.3) is 0 Å². The molecule has 1 aliphatic rings. The zero-order chi connectivity index (χ0) is 19.1. The third kappa shape index (κ3) is 3.49. The molecule has 1 amide bonds. The first-order chi connectivity index (χ1) is 12.2. The molecule has 1 unspecified atom stereocenters. The maximum absolute atomic E-state index is 12.6. The molecule has 0 saturated carbocycles. The van der Waals surface area contributed by atoms with Gasteiger partial charge in [-0.3, -0.25) is 4.79 Å². The van der Waals surface area contributed by atoms with Gasteiger partial charge in [-0.1, -0.05) is 12.1 Å². The molecule has 3 rings (SSSR count). The average Bonchev–Trinajstić information content (AvgIpc) is 2.80. The lowest BCUT2D eigenvalue weighted by Crippen LogP contribution is -2.26. The molecule has 8 heteroatoms. The molecule has 1 heterocycles. The molecule has 0 bridgehead atoms. The summed E-state index contributed by atoms with van der Waals surface area (Å²) in [5.41, 5.74) is 1.77. The Balaban J connectivity index is 1.78. The number of nitrogens with zero attached hydrogens (tertiary/aromatic N) is 1. The van der Waals surface area contributed by atoms with Gasteiger partial charge in [-0.05, 0) is 48.4 Å². The summed E-state index contributed by atoms with van der Waals surface area (Å²) < 4.78 is 40.4. The summed E-state index contributed by atoms with van der Waals surface area (Å²) in [6.45, 7) is 1.96. The van der Waals surface area contributed by atoms with Crippen LogP contribution in [0.15, 0.2) is 42.5 Å². The van der Waals surface area contributed by atoms with Crippen LogP contribution in [0.5, 0.6) is 5.75 Å². The molecular formula is C18H14F3NO4. The highest BCUT2D eigenvalue weighted by molar-refractivity contribution is 6.00. The molecule has 0 fully saturated rings. The Hall–Kier alpha value is -3.03. The van der Waals surface area contributed by atoms with Crippen molar-refractivity contribution in [3.63, 3.8) is 0 Å². The van der Waals surface area contributed by atoms with Crippen LogP contribution in [0.1, 0.15) is 44.8 Å². The van der Waals surface area contributed by atoms with Crippen molar-refractivity contribution in [2.24, 2.45) is 0 Å². The number of hydrogen-bond acceptors (Lipinski definition) is 3. The van der Waals surface area contributed by atoms with Crippen molar-refractivity contribution in [2.75, 3.05) is 0 Å². The molecule has 0 spiro atoms. The fourth-order valence-corrected chi connectivity index (χ4v) is 2.94. The molecule has 0 saturated heterocycles. The summed E-state index contributed by atoms with van der Waals surface area (Å²) in [6.07, 6.45) is -4.76. The second kappa shape index (κ2) is 6.36. The summed E-state index contributed by atoms with van der Waals surface area (Å²) in [5, 5.41) is 9.09. The van der Waals surface area contributed by atoms with Gasteiger partial charge in [-0.25, -0.2) is 4.79 Å². The molecule has 1 aliphatic heterocycles. The lowest BCUT2D eigenvalue weighted by Gasteiger charge is -2.22. The highest BCUT2D eigenvalue weighted by Gasteiger charge is 2.34. The Morgan fingerprint density at radius 3 is 2.42 bits per heavy atom. The zero-order valence-corrected chi connectivity index (χ0v) is 13.6. The number of carboxylic acid groups (broad SMARTS) is 1.